The van der Waals surface area contributed by atoms with E-state index in [-0.39, 0.29) is 0 Å². The maximum absolute atomic E-state index is 8.34. The van der Waals surface area contributed by atoms with Crippen LogP contribution in [0.3, 0.4) is 0 Å². The van der Waals surface area contributed by atoms with Crippen LogP contribution in [0, 0.1) is 25.2 Å². The van der Waals surface area contributed by atoms with Gasteiger partial charge in [0.15, 0.2) is 5.16 Å². The minimum absolute atomic E-state index is 0.406. The molecule has 0 aliphatic heterocycles. The second-order valence-electron chi connectivity index (χ2n) is 2.38. The minimum atomic E-state index is 0.406. The summed E-state index contributed by atoms with van der Waals surface area (Å²) in [6.45, 7) is 3.84. The van der Waals surface area contributed by atoms with Gasteiger partial charge < -0.3 is 0 Å². The molecular formula is C8H9N3S. The number of rotatable bonds is 2. The van der Waals surface area contributed by atoms with Gasteiger partial charge in [0.25, 0.3) is 0 Å². The largest absolute Gasteiger partial charge is 0.228 e. The van der Waals surface area contributed by atoms with E-state index in [0.29, 0.717) is 10.9 Å². The van der Waals surface area contributed by atoms with Crippen LogP contribution in [0.5, 0.6) is 0 Å². The Balaban J connectivity index is 2.80. The first-order chi connectivity index (χ1) is 5.72. The van der Waals surface area contributed by atoms with Gasteiger partial charge in [-0.3, -0.25) is 0 Å². The quantitative estimate of drug-likeness (QED) is 0.512. The Labute approximate surface area is 75.8 Å². The average molecular weight is 179 g/mol. The first-order valence-electron chi connectivity index (χ1n) is 3.54. The van der Waals surface area contributed by atoms with Crippen LogP contribution in [0.25, 0.3) is 0 Å². The van der Waals surface area contributed by atoms with Crippen LogP contribution in [0.1, 0.15) is 11.4 Å². The summed E-state index contributed by atoms with van der Waals surface area (Å²) in [5.74, 6) is 0.406. The fourth-order valence-corrected chi connectivity index (χ4v) is 1.47. The molecule has 12 heavy (non-hydrogen) atoms. The monoisotopic (exact) mass is 179 g/mol. The van der Waals surface area contributed by atoms with Gasteiger partial charge >= 0.3 is 0 Å². The average Bonchev–Trinajstić information content (AvgIpc) is 1.99. The highest BCUT2D eigenvalue weighted by molar-refractivity contribution is 7.99. The molecule has 0 aromatic carbocycles. The maximum Gasteiger partial charge on any atom is 0.188 e. The molecule has 0 saturated heterocycles. The number of aromatic nitrogens is 2. The summed E-state index contributed by atoms with van der Waals surface area (Å²) in [5.41, 5.74) is 1.89. The predicted molar refractivity (Wildman–Crippen MR) is 47.8 cm³/mol. The van der Waals surface area contributed by atoms with Crippen LogP contribution in [-0.4, -0.2) is 15.7 Å². The highest BCUT2D eigenvalue weighted by Crippen LogP contribution is 2.12. The van der Waals surface area contributed by atoms with E-state index in [0.717, 1.165) is 11.4 Å². The normalized spacial score (nSPS) is 9.42. The van der Waals surface area contributed by atoms with Gasteiger partial charge in [0.2, 0.25) is 0 Å². The third-order valence-corrected chi connectivity index (χ3v) is 1.94. The summed E-state index contributed by atoms with van der Waals surface area (Å²) in [6.07, 6.45) is 0. The second-order valence-corrected chi connectivity index (χ2v) is 3.32. The van der Waals surface area contributed by atoms with Crippen LogP contribution >= 0.6 is 11.8 Å². The maximum atomic E-state index is 8.34. The van der Waals surface area contributed by atoms with Crippen molar-refractivity contribution in [2.75, 3.05) is 5.75 Å². The van der Waals surface area contributed by atoms with Crippen LogP contribution in [0.15, 0.2) is 11.2 Å². The van der Waals surface area contributed by atoms with Crippen molar-refractivity contribution in [1.82, 2.24) is 9.97 Å². The third-order valence-electron chi connectivity index (χ3n) is 1.23. The highest BCUT2D eigenvalue weighted by Gasteiger charge is 1.98. The first kappa shape index (κ1) is 9.01. The Hall–Kier alpha value is -1.08. The molecule has 0 unspecified atom stereocenters. The number of aryl methyl sites for hydroxylation is 2. The van der Waals surface area contributed by atoms with E-state index in [2.05, 4.69) is 9.97 Å². The SMILES string of the molecule is Cc1cc(C)nc(SCC#N)n1. The molecule has 0 radical (unpaired) electrons. The molecule has 0 fully saturated rings. The molecule has 0 aliphatic carbocycles. The standard InChI is InChI=1S/C8H9N3S/c1-6-5-7(2)11-8(10-6)12-4-3-9/h5H,4H2,1-2H3. The number of nitrogens with zero attached hydrogens (tertiary/aromatic N) is 3. The van der Waals surface area contributed by atoms with Gasteiger partial charge in [0.1, 0.15) is 0 Å². The lowest BCUT2D eigenvalue weighted by atomic mass is 10.4. The highest BCUT2D eigenvalue weighted by atomic mass is 32.2. The summed E-state index contributed by atoms with van der Waals surface area (Å²) < 4.78 is 0. The Bertz CT molecular complexity index is 296. The zero-order chi connectivity index (χ0) is 8.97. The van der Waals surface area contributed by atoms with Gasteiger partial charge in [-0.2, -0.15) is 5.26 Å². The Kier molecular flexibility index (Phi) is 3.06. The second kappa shape index (κ2) is 4.07. The van der Waals surface area contributed by atoms with Gasteiger partial charge in [-0.25, -0.2) is 9.97 Å². The van der Waals surface area contributed by atoms with Gasteiger partial charge in [-0.05, 0) is 19.9 Å². The Morgan fingerprint density at radius 2 is 2.00 bits per heavy atom. The van der Waals surface area contributed by atoms with E-state index in [1.54, 1.807) is 0 Å². The van der Waals surface area contributed by atoms with Crippen molar-refractivity contribution in [3.05, 3.63) is 17.5 Å². The Morgan fingerprint density at radius 1 is 1.42 bits per heavy atom. The zero-order valence-electron chi connectivity index (χ0n) is 7.03. The van der Waals surface area contributed by atoms with E-state index in [1.807, 2.05) is 26.0 Å². The summed E-state index contributed by atoms with van der Waals surface area (Å²) >= 11 is 1.37. The molecule has 1 aromatic rings. The molecule has 0 N–H and O–H groups in total. The molecule has 4 heteroatoms. The summed E-state index contributed by atoms with van der Waals surface area (Å²) in [7, 11) is 0. The van der Waals surface area contributed by atoms with Gasteiger partial charge in [0, 0.05) is 11.4 Å². The molecule has 0 saturated carbocycles. The van der Waals surface area contributed by atoms with Crippen LogP contribution in [0.2, 0.25) is 0 Å². The van der Waals surface area contributed by atoms with Crippen molar-refractivity contribution < 1.29 is 0 Å². The molecule has 1 aromatic heterocycles. The number of hydrogen-bond acceptors (Lipinski definition) is 4. The summed E-state index contributed by atoms with van der Waals surface area (Å²) in [4.78, 5) is 8.34. The molecular weight excluding hydrogens is 170 g/mol. The molecule has 62 valence electrons. The van der Waals surface area contributed by atoms with Crippen molar-refractivity contribution >= 4 is 11.8 Å². The van der Waals surface area contributed by atoms with Crippen molar-refractivity contribution in [3.8, 4) is 6.07 Å². The molecule has 0 atom stereocenters. The van der Waals surface area contributed by atoms with Gasteiger partial charge in [-0.1, -0.05) is 11.8 Å². The predicted octanol–water partition coefficient (Wildman–Crippen LogP) is 1.71. The molecule has 0 amide bonds. The molecule has 3 nitrogen and oxygen atoms in total. The minimum Gasteiger partial charge on any atom is -0.228 e. The third kappa shape index (κ3) is 2.51. The fourth-order valence-electron chi connectivity index (χ4n) is 0.855. The van der Waals surface area contributed by atoms with Crippen molar-refractivity contribution in [2.45, 2.75) is 19.0 Å². The van der Waals surface area contributed by atoms with Crippen LogP contribution < -0.4 is 0 Å². The van der Waals surface area contributed by atoms with Gasteiger partial charge in [0.05, 0.1) is 11.8 Å². The molecule has 1 rings (SSSR count). The molecule has 0 spiro atoms. The van der Waals surface area contributed by atoms with E-state index in [4.69, 9.17) is 5.26 Å². The van der Waals surface area contributed by atoms with E-state index >= 15 is 0 Å². The lowest BCUT2D eigenvalue weighted by Gasteiger charge is -1.98. The smallest absolute Gasteiger partial charge is 0.188 e. The molecule has 1 heterocycles. The summed E-state index contributed by atoms with van der Waals surface area (Å²) in [5, 5.41) is 9.03. The number of nitriles is 1. The van der Waals surface area contributed by atoms with Gasteiger partial charge in [-0.15, -0.1) is 0 Å². The van der Waals surface area contributed by atoms with Crippen molar-refractivity contribution in [2.24, 2.45) is 0 Å². The lowest BCUT2D eigenvalue weighted by molar-refractivity contribution is 0.903. The van der Waals surface area contributed by atoms with Crippen molar-refractivity contribution in [1.29, 1.82) is 5.26 Å². The Morgan fingerprint density at radius 3 is 2.50 bits per heavy atom. The van der Waals surface area contributed by atoms with Crippen LogP contribution in [-0.2, 0) is 0 Å². The first-order valence-corrected chi connectivity index (χ1v) is 4.53. The van der Waals surface area contributed by atoms with E-state index < -0.39 is 0 Å². The summed E-state index contributed by atoms with van der Waals surface area (Å²) in [6, 6.07) is 3.95. The number of hydrogen-bond donors (Lipinski definition) is 0. The topological polar surface area (TPSA) is 49.6 Å². The molecule has 0 bridgehead atoms. The lowest BCUT2D eigenvalue weighted by Crippen LogP contribution is -1.92. The fraction of sp³-hybridized carbons (Fsp3) is 0.375. The van der Waals surface area contributed by atoms with Crippen molar-refractivity contribution in [3.63, 3.8) is 0 Å². The van der Waals surface area contributed by atoms with E-state index in [9.17, 15) is 0 Å². The van der Waals surface area contributed by atoms with Crippen LogP contribution in [0.4, 0.5) is 0 Å². The van der Waals surface area contributed by atoms with E-state index in [1.165, 1.54) is 11.8 Å². The zero-order valence-corrected chi connectivity index (χ0v) is 7.85. The number of thioether (sulfide) groups is 1. The molecule has 0 aliphatic rings.